The summed E-state index contributed by atoms with van der Waals surface area (Å²) < 4.78 is 26.0. The fourth-order valence-corrected chi connectivity index (χ4v) is 6.03. The number of carbonyl (C=O) groups excluding carboxylic acids is 2. The minimum Gasteiger partial charge on any atom is -0.481 e. The number of ketones is 1. The van der Waals surface area contributed by atoms with E-state index in [1.165, 1.54) is 36.1 Å². The Morgan fingerprint density at radius 2 is 1.65 bits per heavy atom. The van der Waals surface area contributed by atoms with E-state index < -0.39 is 21.7 Å². The number of aliphatic carboxylic acids is 1. The molecule has 1 amide bonds. The smallest absolute Gasteiger partial charge is 0.303 e. The lowest BCUT2D eigenvalue weighted by Crippen LogP contribution is -2.36. The highest BCUT2D eigenvalue weighted by molar-refractivity contribution is 9.10. The van der Waals surface area contributed by atoms with Gasteiger partial charge in [-0.25, -0.2) is 8.42 Å². The standard InChI is InChI=1S/C28H24BrNO6S/c1-18(31)27-26(19-6-3-2-4-7-19)24-16-22(29)12-9-21(24)17-30(27)28(34)20-10-13-23(14-11-20)37(35,36)15-5-8-25(32)33/h2-4,6-7,9-14,16H,5,8,15,17H2,1H3,(H,32,33). The Labute approximate surface area is 223 Å². The number of hydrogen-bond donors (Lipinski definition) is 1. The van der Waals surface area contributed by atoms with Gasteiger partial charge in [0.15, 0.2) is 15.6 Å². The number of carbonyl (C=O) groups is 3. The quantitative estimate of drug-likeness (QED) is 0.397. The topological polar surface area (TPSA) is 109 Å². The predicted molar refractivity (Wildman–Crippen MR) is 143 cm³/mol. The molecular formula is C28H24BrNO6S. The van der Waals surface area contributed by atoms with Crippen molar-refractivity contribution in [2.75, 3.05) is 5.75 Å². The van der Waals surface area contributed by atoms with Gasteiger partial charge >= 0.3 is 5.97 Å². The van der Waals surface area contributed by atoms with E-state index in [0.29, 0.717) is 5.57 Å². The van der Waals surface area contributed by atoms with Gasteiger partial charge in [-0.2, -0.15) is 0 Å². The second-order valence-corrected chi connectivity index (χ2v) is 11.7. The van der Waals surface area contributed by atoms with E-state index in [1.807, 2.05) is 48.5 Å². The second-order valence-electron chi connectivity index (χ2n) is 8.68. The second kappa shape index (κ2) is 10.8. The van der Waals surface area contributed by atoms with Gasteiger partial charge in [0.25, 0.3) is 5.91 Å². The summed E-state index contributed by atoms with van der Waals surface area (Å²) in [6.45, 7) is 1.61. The van der Waals surface area contributed by atoms with Crippen molar-refractivity contribution < 1.29 is 27.9 Å². The summed E-state index contributed by atoms with van der Waals surface area (Å²) in [5.74, 6) is -2.06. The van der Waals surface area contributed by atoms with Crippen LogP contribution >= 0.6 is 15.9 Å². The Hall–Kier alpha value is -3.56. The maximum atomic E-state index is 13.7. The predicted octanol–water partition coefficient (Wildman–Crippen LogP) is 5.09. The molecule has 1 aliphatic heterocycles. The zero-order valence-corrected chi connectivity index (χ0v) is 22.4. The summed E-state index contributed by atoms with van der Waals surface area (Å²) >= 11 is 3.51. The number of Topliss-reactive ketones (excluding diaryl/α,β-unsaturated/α-hetero) is 1. The van der Waals surface area contributed by atoms with Crippen molar-refractivity contribution in [1.29, 1.82) is 0 Å². The van der Waals surface area contributed by atoms with Crippen molar-refractivity contribution in [1.82, 2.24) is 4.90 Å². The largest absolute Gasteiger partial charge is 0.481 e. The van der Waals surface area contributed by atoms with Gasteiger partial charge < -0.3 is 5.11 Å². The van der Waals surface area contributed by atoms with Crippen LogP contribution in [0.3, 0.4) is 0 Å². The van der Waals surface area contributed by atoms with Crippen LogP contribution in [0, 0.1) is 0 Å². The number of rotatable bonds is 8. The Bertz CT molecular complexity index is 1510. The normalized spacial score (nSPS) is 13.3. The molecule has 7 nitrogen and oxygen atoms in total. The molecule has 0 radical (unpaired) electrons. The van der Waals surface area contributed by atoms with Crippen molar-refractivity contribution in [2.45, 2.75) is 31.2 Å². The van der Waals surface area contributed by atoms with Crippen LogP contribution in [0.2, 0.25) is 0 Å². The van der Waals surface area contributed by atoms with Gasteiger partial charge in [0, 0.05) is 29.0 Å². The zero-order chi connectivity index (χ0) is 26.7. The Morgan fingerprint density at radius 3 is 2.27 bits per heavy atom. The molecule has 0 spiro atoms. The number of hydrogen-bond acceptors (Lipinski definition) is 5. The van der Waals surface area contributed by atoms with Crippen molar-refractivity contribution in [3.8, 4) is 0 Å². The number of benzene rings is 3. The van der Waals surface area contributed by atoms with Crippen LogP contribution in [0.15, 0.2) is 87.9 Å². The molecule has 1 N–H and O–H groups in total. The molecule has 1 aliphatic rings. The Kier molecular flexibility index (Phi) is 7.75. The summed E-state index contributed by atoms with van der Waals surface area (Å²) in [7, 11) is -3.69. The molecule has 0 aromatic heterocycles. The fraction of sp³-hybridized carbons (Fsp3) is 0.179. The van der Waals surface area contributed by atoms with Crippen LogP contribution in [0.4, 0.5) is 0 Å². The number of halogens is 1. The maximum Gasteiger partial charge on any atom is 0.303 e. The lowest BCUT2D eigenvalue weighted by molar-refractivity contribution is -0.137. The average Bonchev–Trinajstić information content (AvgIpc) is 2.87. The summed E-state index contributed by atoms with van der Waals surface area (Å²) in [4.78, 5) is 38.8. The van der Waals surface area contributed by atoms with Gasteiger partial charge in [-0.05, 0) is 59.5 Å². The summed E-state index contributed by atoms with van der Waals surface area (Å²) in [6, 6.07) is 20.6. The zero-order valence-electron chi connectivity index (χ0n) is 20.0. The van der Waals surface area contributed by atoms with E-state index in [9.17, 15) is 22.8 Å². The van der Waals surface area contributed by atoms with Crippen molar-refractivity contribution in [3.05, 3.63) is 105 Å². The molecule has 4 rings (SSSR count). The molecule has 1 heterocycles. The Balaban J connectivity index is 1.73. The molecular weight excluding hydrogens is 558 g/mol. The highest BCUT2D eigenvalue weighted by atomic mass is 79.9. The molecule has 0 aliphatic carbocycles. The van der Waals surface area contributed by atoms with Crippen LogP contribution in [0.5, 0.6) is 0 Å². The molecule has 0 fully saturated rings. The van der Waals surface area contributed by atoms with E-state index in [-0.39, 0.29) is 47.1 Å². The van der Waals surface area contributed by atoms with Gasteiger partial charge in [-0.3, -0.25) is 19.3 Å². The third-order valence-corrected chi connectivity index (χ3v) is 8.39. The van der Waals surface area contributed by atoms with Gasteiger partial charge in [-0.1, -0.05) is 52.3 Å². The monoisotopic (exact) mass is 581 g/mol. The van der Waals surface area contributed by atoms with E-state index in [4.69, 9.17) is 5.11 Å². The number of allylic oxidation sites excluding steroid dienone is 1. The molecule has 0 unspecified atom stereocenters. The van der Waals surface area contributed by atoms with Crippen LogP contribution in [0.1, 0.15) is 46.8 Å². The van der Waals surface area contributed by atoms with Crippen molar-refractivity contribution in [2.24, 2.45) is 0 Å². The van der Waals surface area contributed by atoms with E-state index in [1.54, 1.807) is 0 Å². The lowest BCUT2D eigenvalue weighted by Gasteiger charge is -2.33. The summed E-state index contributed by atoms with van der Waals surface area (Å²) in [5, 5.41) is 8.76. The fourth-order valence-electron chi connectivity index (χ4n) is 4.36. The first-order chi connectivity index (χ1) is 17.6. The highest BCUT2D eigenvalue weighted by Gasteiger charge is 2.33. The molecule has 0 bridgehead atoms. The number of carboxylic acids is 1. The molecule has 0 atom stereocenters. The molecule has 190 valence electrons. The van der Waals surface area contributed by atoms with Gasteiger partial charge in [0.2, 0.25) is 0 Å². The van der Waals surface area contributed by atoms with Crippen molar-refractivity contribution >= 4 is 49.0 Å². The lowest BCUT2D eigenvalue weighted by atomic mass is 9.87. The molecule has 0 saturated carbocycles. The van der Waals surface area contributed by atoms with E-state index in [2.05, 4.69) is 15.9 Å². The number of fused-ring (bicyclic) bond motifs is 1. The summed E-state index contributed by atoms with van der Waals surface area (Å²) in [6.07, 6.45) is -0.247. The van der Waals surface area contributed by atoms with Gasteiger partial charge in [0.1, 0.15) is 0 Å². The number of amides is 1. The SMILES string of the molecule is CC(=O)C1=C(c2ccccc2)c2cc(Br)ccc2CN1C(=O)c1ccc(S(=O)(=O)CCCC(=O)O)cc1. The first-order valence-corrected chi connectivity index (χ1v) is 14.0. The average molecular weight is 582 g/mol. The van der Waals surface area contributed by atoms with Crippen LogP contribution < -0.4 is 0 Å². The minimum atomic E-state index is -3.69. The van der Waals surface area contributed by atoms with Crippen LogP contribution in [-0.4, -0.2) is 41.8 Å². The van der Waals surface area contributed by atoms with Gasteiger partial charge in [-0.15, -0.1) is 0 Å². The number of carboxylic acid groups (broad SMARTS) is 1. The third-order valence-electron chi connectivity index (χ3n) is 6.08. The molecule has 0 saturated heterocycles. The van der Waals surface area contributed by atoms with Crippen molar-refractivity contribution in [3.63, 3.8) is 0 Å². The Morgan fingerprint density at radius 1 is 0.973 bits per heavy atom. The third kappa shape index (κ3) is 5.73. The van der Waals surface area contributed by atoms with E-state index in [0.717, 1.165) is 21.2 Å². The maximum absolute atomic E-state index is 13.7. The molecule has 3 aromatic carbocycles. The van der Waals surface area contributed by atoms with Crippen LogP contribution in [0.25, 0.3) is 5.57 Å². The highest BCUT2D eigenvalue weighted by Crippen LogP contribution is 2.38. The molecule has 3 aromatic rings. The summed E-state index contributed by atoms with van der Waals surface area (Å²) in [5.41, 5.74) is 3.69. The molecule has 37 heavy (non-hydrogen) atoms. The van der Waals surface area contributed by atoms with Crippen LogP contribution in [-0.2, 0) is 26.0 Å². The number of sulfone groups is 1. The van der Waals surface area contributed by atoms with E-state index >= 15 is 0 Å². The van der Waals surface area contributed by atoms with Gasteiger partial charge in [0.05, 0.1) is 22.9 Å². The first kappa shape index (κ1) is 26.5. The minimum absolute atomic E-state index is 0.00329. The number of nitrogens with zero attached hydrogens (tertiary/aromatic N) is 1. The molecule has 9 heteroatoms. The first-order valence-electron chi connectivity index (χ1n) is 11.5.